The smallest absolute Gasteiger partial charge is 0.336 e. The molecule has 7 nitrogen and oxygen atoms in total. The van der Waals surface area contributed by atoms with Gasteiger partial charge in [-0.1, -0.05) is 62.9 Å². The number of nitro groups is 1. The topological polar surface area (TPSA) is 89.8 Å². The van der Waals surface area contributed by atoms with Crippen molar-refractivity contribution >= 4 is 17.6 Å². The molecule has 0 aliphatic carbocycles. The summed E-state index contributed by atoms with van der Waals surface area (Å²) in [4.78, 5) is 38.1. The fourth-order valence-corrected chi connectivity index (χ4v) is 3.98. The zero-order chi connectivity index (χ0) is 24.1. The fraction of sp³-hybridized carbons (Fsp3) is 0.308. The number of hydrogen-bond acceptors (Lipinski definition) is 5. The average molecular weight is 449 g/mol. The number of rotatable bonds is 8. The molecule has 2 aromatic carbocycles. The van der Waals surface area contributed by atoms with Crippen molar-refractivity contribution in [2.24, 2.45) is 0 Å². The van der Waals surface area contributed by atoms with E-state index in [-0.39, 0.29) is 31.2 Å². The van der Waals surface area contributed by atoms with Crippen LogP contribution in [-0.4, -0.2) is 28.3 Å². The van der Waals surface area contributed by atoms with Gasteiger partial charge in [0.2, 0.25) is 5.91 Å². The monoisotopic (exact) mass is 448 g/mol. The first kappa shape index (κ1) is 23.9. The van der Waals surface area contributed by atoms with E-state index in [2.05, 4.69) is 20.4 Å². The minimum atomic E-state index is -0.480. The molecule has 1 unspecified atom stereocenters. The van der Waals surface area contributed by atoms with Gasteiger partial charge in [-0.15, -0.1) is 0 Å². The Hall–Kier alpha value is -3.74. The van der Waals surface area contributed by atoms with Gasteiger partial charge in [-0.25, -0.2) is 4.79 Å². The summed E-state index contributed by atoms with van der Waals surface area (Å²) in [5.41, 5.74) is 3.73. The third-order valence-electron chi connectivity index (χ3n) is 5.87. The second kappa shape index (κ2) is 10.3. The number of nitro benzene ring substituents is 1. The predicted octanol–water partition coefficient (Wildman–Crippen LogP) is 5.24. The van der Waals surface area contributed by atoms with Crippen LogP contribution in [0.1, 0.15) is 55.7 Å². The van der Waals surface area contributed by atoms with Crippen LogP contribution in [0.2, 0.25) is 0 Å². The van der Waals surface area contributed by atoms with E-state index in [0.29, 0.717) is 17.2 Å². The molecule has 0 saturated carbocycles. The lowest BCUT2D eigenvalue weighted by Crippen LogP contribution is -2.38. The summed E-state index contributed by atoms with van der Waals surface area (Å²) in [5.74, 6) is -0.640. The van der Waals surface area contributed by atoms with E-state index in [1.165, 1.54) is 23.8 Å². The van der Waals surface area contributed by atoms with Gasteiger partial charge in [0.25, 0.3) is 5.69 Å². The van der Waals surface area contributed by atoms with E-state index in [1.54, 1.807) is 24.0 Å². The molecule has 1 atom stereocenters. The summed E-state index contributed by atoms with van der Waals surface area (Å²) in [6.07, 6.45) is 1.63. The highest BCUT2D eigenvalue weighted by atomic mass is 16.6. The minimum absolute atomic E-state index is 0.0189. The van der Waals surface area contributed by atoms with Crippen molar-refractivity contribution in [3.05, 3.63) is 99.3 Å². The van der Waals surface area contributed by atoms with Crippen molar-refractivity contribution in [1.29, 1.82) is 0 Å². The SMILES string of the molecule is C=CCOC(=O)C1=C(C)N(Cc2ccc([N+](=O)[O-])cc2)C(=O)CC1c1ccc(C(C)C)cc1. The lowest BCUT2D eigenvalue weighted by molar-refractivity contribution is -0.384. The zero-order valence-corrected chi connectivity index (χ0v) is 19.1. The van der Waals surface area contributed by atoms with Gasteiger partial charge < -0.3 is 9.64 Å². The number of benzene rings is 2. The van der Waals surface area contributed by atoms with Crippen LogP contribution in [0.5, 0.6) is 0 Å². The summed E-state index contributed by atoms with van der Waals surface area (Å²) in [5, 5.41) is 10.9. The third-order valence-corrected chi connectivity index (χ3v) is 5.87. The zero-order valence-electron chi connectivity index (χ0n) is 19.1. The quantitative estimate of drug-likeness (QED) is 0.238. The molecule has 2 aromatic rings. The fourth-order valence-electron chi connectivity index (χ4n) is 3.98. The number of nitrogens with zero attached hydrogens (tertiary/aromatic N) is 2. The second-order valence-corrected chi connectivity index (χ2v) is 8.37. The first-order valence-electron chi connectivity index (χ1n) is 10.8. The van der Waals surface area contributed by atoms with Crippen molar-refractivity contribution in [2.75, 3.05) is 6.61 Å². The Kier molecular flexibility index (Phi) is 7.43. The maximum absolute atomic E-state index is 13.1. The second-order valence-electron chi connectivity index (χ2n) is 8.37. The van der Waals surface area contributed by atoms with Gasteiger partial charge in [-0.2, -0.15) is 0 Å². The van der Waals surface area contributed by atoms with Crippen molar-refractivity contribution < 1.29 is 19.2 Å². The molecule has 3 rings (SSSR count). The Morgan fingerprint density at radius 3 is 2.39 bits per heavy atom. The number of carbonyl (C=O) groups is 2. The van der Waals surface area contributed by atoms with E-state index in [9.17, 15) is 19.7 Å². The average Bonchev–Trinajstić information content (AvgIpc) is 2.80. The van der Waals surface area contributed by atoms with Crippen LogP contribution in [-0.2, 0) is 20.9 Å². The van der Waals surface area contributed by atoms with Crippen LogP contribution in [0.3, 0.4) is 0 Å². The molecular formula is C26H28N2O5. The standard InChI is InChI=1S/C26H28N2O5/c1-5-14-33-26(30)25-18(4)27(16-19-6-12-22(13-7-19)28(31)32)24(29)15-23(25)21-10-8-20(9-11-21)17(2)3/h5-13,17,23H,1,14-16H2,2-4H3. The molecule has 1 amide bonds. The molecule has 0 N–H and O–H groups in total. The number of hydrogen-bond donors (Lipinski definition) is 0. The Labute approximate surface area is 193 Å². The first-order valence-corrected chi connectivity index (χ1v) is 10.8. The maximum atomic E-state index is 13.1. The molecule has 0 spiro atoms. The number of non-ortho nitro benzene ring substituents is 1. The molecule has 1 heterocycles. The lowest BCUT2D eigenvalue weighted by atomic mass is 9.83. The number of carbonyl (C=O) groups excluding carboxylic acids is 2. The third kappa shape index (κ3) is 5.37. The number of amides is 1. The van der Waals surface area contributed by atoms with Crippen LogP contribution in [0.25, 0.3) is 0 Å². The molecule has 0 bridgehead atoms. The lowest BCUT2D eigenvalue weighted by Gasteiger charge is -2.34. The van der Waals surface area contributed by atoms with Crippen LogP contribution in [0.4, 0.5) is 5.69 Å². The Balaban J connectivity index is 1.98. The van der Waals surface area contributed by atoms with Crippen molar-refractivity contribution in [3.8, 4) is 0 Å². The van der Waals surface area contributed by atoms with Crippen LogP contribution >= 0.6 is 0 Å². The highest BCUT2D eigenvalue weighted by molar-refractivity contribution is 5.95. The van der Waals surface area contributed by atoms with Gasteiger partial charge in [-0.05, 0) is 29.5 Å². The van der Waals surface area contributed by atoms with E-state index < -0.39 is 16.8 Å². The summed E-state index contributed by atoms with van der Waals surface area (Å²) in [6, 6.07) is 14.0. The molecule has 0 radical (unpaired) electrons. The highest BCUT2D eigenvalue weighted by Gasteiger charge is 2.37. The van der Waals surface area contributed by atoms with Gasteiger partial charge >= 0.3 is 5.97 Å². The van der Waals surface area contributed by atoms with E-state index in [0.717, 1.165) is 11.1 Å². The van der Waals surface area contributed by atoms with Gasteiger partial charge in [0.15, 0.2) is 0 Å². The molecule has 172 valence electrons. The summed E-state index contributed by atoms with van der Waals surface area (Å²) in [6.45, 7) is 9.83. The number of ether oxygens (including phenoxy) is 1. The Bertz CT molecular complexity index is 1080. The minimum Gasteiger partial charge on any atom is -0.458 e. The molecule has 0 fully saturated rings. The van der Waals surface area contributed by atoms with Gasteiger partial charge in [-0.3, -0.25) is 14.9 Å². The molecule has 1 aliphatic rings. The molecule has 0 saturated heterocycles. The van der Waals surface area contributed by atoms with Gasteiger partial charge in [0.1, 0.15) is 6.61 Å². The molecule has 0 aromatic heterocycles. The number of allylic oxidation sites excluding steroid dienone is 1. The van der Waals surface area contributed by atoms with Gasteiger partial charge in [0, 0.05) is 30.2 Å². The maximum Gasteiger partial charge on any atom is 0.336 e. The molecule has 33 heavy (non-hydrogen) atoms. The van der Waals surface area contributed by atoms with Crippen LogP contribution in [0, 0.1) is 10.1 Å². The van der Waals surface area contributed by atoms with Crippen LogP contribution in [0.15, 0.2) is 72.5 Å². The largest absolute Gasteiger partial charge is 0.458 e. The summed E-state index contributed by atoms with van der Waals surface area (Å²) < 4.78 is 5.36. The Morgan fingerprint density at radius 2 is 1.85 bits per heavy atom. The van der Waals surface area contributed by atoms with E-state index >= 15 is 0 Å². The van der Waals surface area contributed by atoms with Crippen molar-refractivity contribution in [1.82, 2.24) is 4.90 Å². The van der Waals surface area contributed by atoms with Crippen molar-refractivity contribution in [2.45, 2.75) is 45.6 Å². The number of esters is 1. The highest BCUT2D eigenvalue weighted by Crippen LogP contribution is 2.38. The first-order chi connectivity index (χ1) is 15.7. The Morgan fingerprint density at radius 1 is 1.21 bits per heavy atom. The summed E-state index contributed by atoms with van der Waals surface area (Å²) >= 11 is 0. The van der Waals surface area contributed by atoms with Gasteiger partial charge in [0.05, 0.1) is 17.0 Å². The molecule has 1 aliphatic heterocycles. The van der Waals surface area contributed by atoms with Crippen LogP contribution < -0.4 is 0 Å². The van der Waals surface area contributed by atoms with E-state index in [4.69, 9.17) is 4.74 Å². The molecule has 7 heteroatoms. The predicted molar refractivity (Wildman–Crippen MR) is 125 cm³/mol. The molecular weight excluding hydrogens is 420 g/mol. The normalized spacial score (nSPS) is 16.2. The van der Waals surface area contributed by atoms with Crippen molar-refractivity contribution in [3.63, 3.8) is 0 Å². The van der Waals surface area contributed by atoms with E-state index in [1.807, 2.05) is 24.3 Å². The summed E-state index contributed by atoms with van der Waals surface area (Å²) in [7, 11) is 0.